The van der Waals surface area contributed by atoms with E-state index in [0.717, 1.165) is 48.9 Å². The molecule has 0 amide bonds. The molecule has 54 heavy (non-hydrogen) atoms. The van der Waals surface area contributed by atoms with E-state index >= 15 is 0 Å². The number of pyridine rings is 1. The Kier molecular flexibility index (Phi) is 8.34. The highest BCUT2D eigenvalue weighted by Gasteiger charge is 2.43. The molecular formula is C37H42N14O3. The highest BCUT2D eigenvalue weighted by atomic mass is 16.5. The largest absolute Gasteiger partial charge is 0.385 e. The number of ether oxygens (including phenoxy) is 1. The third kappa shape index (κ3) is 5.65. The second-order valence-corrected chi connectivity index (χ2v) is 14.7. The van der Waals surface area contributed by atoms with Gasteiger partial charge >= 0.3 is 0 Å². The maximum absolute atomic E-state index is 10.6. The Labute approximate surface area is 309 Å². The van der Waals surface area contributed by atoms with Crippen LogP contribution in [0.25, 0.3) is 56.1 Å². The number of hydrogen-bond acceptors (Lipinski definition) is 14. The van der Waals surface area contributed by atoms with Crippen molar-refractivity contribution in [3.05, 3.63) is 54.6 Å². The molecule has 9 rings (SSSR count). The first-order valence-corrected chi connectivity index (χ1v) is 18.5. The summed E-state index contributed by atoms with van der Waals surface area (Å²) in [6.45, 7) is 8.57. The van der Waals surface area contributed by atoms with E-state index in [4.69, 9.17) is 36.0 Å². The Morgan fingerprint density at radius 2 is 1.61 bits per heavy atom. The summed E-state index contributed by atoms with van der Waals surface area (Å²) in [7, 11) is 0. The van der Waals surface area contributed by atoms with Gasteiger partial charge in [-0.3, -0.25) is 4.98 Å². The van der Waals surface area contributed by atoms with Gasteiger partial charge in [-0.25, -0.2) is 34.0 Å². The van der Waals surface area contributed by atoms with Crippen molar-refractivity contribution in [2.75, 3.05) is 18.1 Å². The lowest BCUT2D eigenvalue weighted by Gasteiger charge is -2.24. The summed E-state index contributed by atoms with van der Waals surface area (Å²) in [5, 5.41) is 31.5. The fourth-order valence-corrected chi connectivity index (χ4v) is 7.83. The molecule has 7 aromatic rings. The minimum Gasteiger partial charge on any atom is -0.385 e. The maximum Gasteiger partial charge on any atom is 0.174 e. The van der Waals surface area contributed by atoms with Crippen LogP contribution in [-0.4, -0.2) is 71.1 Å². The van der Waals surface area contributed by atoms with Gasteiger partial charge in [-0.05, 0) is 83.9 Å². The fraction of sp³-hybridized carbons (Fsp3) is 0.432. The molecule has 0 aromatic carbocycles. The van der Waals surface area contributed by atoms with Gasteiger partial charge in [-0.15, -0.1) is 0 Å². The summed E-state index contributed by atoms with van der Waals surface area (Å²) in [6.07, 6.45) is 8.19. The Hall–Kier alpha value is -5.81. The molecule has 0 bridgehead atoms. The zero-order chi connectivity index (χ0) is 37.2. The van der Waals surface area contributed by atoms with Crippen LogP contribution in [0.2, 0.25) is 0 Å². The van der Waals surface area contributed by atoms with Crippen molar-refractivity contribution in [3.63, 3.8) is 0 Å². The summed E-state index contributed by atoms with van der Waals surface area (Å²) >= 11 is 0. The van der Waals surface area contributed by atoms with Crippen LogP contribution in [0, 0.1) is 5.92 Å². The van der Waals surface area contributed by atoms with Crippen molar-refractivity contribution in [2.24, 2.45) is 5.92 Å². The molecule has 1 aliphatic heterocycles. The van der Waals surface area contributed by atoms with E-state index in [9.17, 15) is 5.11 Å². The number of aromatic nitrogens is 12. The zero-order valence-electron chi connectivity index (χ0n) is 30.5. The second kappa shape index (κ2) is 13.2. The number of fused-ring (bicyclic) bond motifs is 2. The number of nitrogens with two attached hydrogens (primary N) is 2. The lowest BCUT2D eigenvalue weighted by molar-refractivity contribution is -0.0386. The normalized spacial score (nSPS) is 19.9. The van der Waals surface area contributed by atoms with Gasteiger partial charge in [0.1, 0.15) is 47.5 Å². The molecule has 8 heterocycles. The van der Waals surface area contributed by atoms with E-state index in [1.165, 1.54) is 12.7 Å². The average molecular weight is 731 g/mol. The Bertz CT molecular complexity index is 2480. The number of aliphatic hydroxyl groups is 1. The van der Waals surface area contributed by atoms with Gasteiger partial charge in [-0.2, -0.15) is 15.3 Å². The van der Waals surface area contributed by atoms with Crippen LogP contribution in [0.1, 0.15) is 102 Å². The van der Waals surface area contributed by atoms with Crippen molar-refractivity contribution < 1.29 is 14.4 Å². The molecule has 0 spiro atoms. The van der Waals surface area contributed by atoms with E-state index in [-0.39, 0.29) is 35.8 Å². The summed E-state index contributed by atoms with van der Waals surface area (Å²) in [6, 6.07) is 7.67. The van der Waals surface area contributed by atoms with Gasteiger partial charge in [0.2, 0.25) is 0 Å². The van der Waals surface area contributed by atoms with Crippen molar-refractivity contribution in [1.29, 1.82) is 0 Å². The van der Waals surface area contributed by atoms with Crippen LogP contribution in [0.5, 0.6) is 0 Å². The summed E-state index contributed by atoms with van der Waals surface area (Å²) < 4.78 is 17.7. The molecule has 1 aliphatic carbocycles. The minimum absolute atomic E-state index is 0.0670. The highest BCUT2D eigenvalue weighted by molar-refractivity contribution is 6.00. The van der Waals surface area contributed by atoms with Crippen molar-refractivity contribution in [1.82, 2.24) is 59.4 Å². The van der Waals surface area contributed by atoms with Gasteiger partial charge in [0, 0.05) is 24.8 Å². The van der Waals surface area contributed by atoms with E-state index < -0.39 is 6.10 Å². The number of nitrogens with zero attached hydrogens (tertiary/aromatic N) is 12. The lowest BCUT2D eigenvalue weighted by Crippen LogP contribution is -2.20. The number of hydrogen-bond donors (Lipinski definition) is 3. The highest BCUT2D eigenvalue weighted by Crippen LogP contribution is 2.52. The van der Waals surface area contributed by atoms with Crippen LogP contribution in [0.3, 0.4) is 0 Å². The minimum atomic E-state index is -0.931. The monoisotopic (exact) mass is 730 g/mol. The van der Waals surface area contributed by atoms with Crippen LogP contribution in [0.4, 0.5) is 11.6 Å². The molecule has 2 fully saturated rings. The topological polar surface area (TPSA) is 225 Å². The summed E-state index contributed by atoms with van der Waals surface area (Å²) in [5.41, 5.74) is 18.8. The van der Waals surface area contributed by atoms with Crippen LogP contribution in [-0.2, 0) is 4.74 Å². The average Bonchev–Trinajstić information content (AvgIpc) is 3.59. The molecular weight excluding hydrogens is 689 g/mol. The predicted molar refractivity (Wildman–Crippen MR) is 199 cm³/mol. The van der Waals surface area contributed by atoms with Gasteiger partial charge in [0.25, 0.3) is 0 Å². The third-order valence-corrected chi connectivity index (χ3v) is 10.6. The van der Waals surface area contributed by atoms with E-state index in [1.54, 1.807) is 13.1 Å². The Balaban J connectivity index is 1.06. The molecule has 0 radical (unpaired) electrons. The first-order chi connectivity index (χ1) is 26.2. The molecule has 17 nitrogen and oxygen atoms in total. The number of rotatable bonds is 10. The lowest BCUT2D eigenvalue weighted by atomic mass is 10.0. The van der Waals surface area contributed by atoms with Gasteiger partial charge in [0.05, 0.1) is 39.5 Å². The molecule has 5 N–H and O–H groups in total. The van der Waals surface area contributed by atoms with E-state index in [2.05, 4.69) is 56.9 Å². The summed E-state index contributed by atoms with van der Waals surface area (Å²) in [4.78, 5) is 22.3. The molecule has 7 aromatic heterocycles. The molecule has 278 valence electrons. The first kappa shape index (κ1) is 34.0. The summed E-state index contributed by atoms with van der Waals surface area (Å²) in [5.74, 6) is 1.50. The quantitative estimate of drug-likeness (QED) is 0.151. The molecule has 5 atom stereocenters. The van der Waals surface area contributed by atoms with Gasteiger partial charge in [-0.1, -0.05) is 11.2 Å². The molecule has 2 aliphatic rings. The SMILES string of the molecule is CC(C)n1nc(-c2cc(C3CC3CC(C)n3nc(-c4noc([C@@H](C)O)c4-c4ccccn4)c4c(N)ncnc43)nn2C2CCCCO2)c2c(N)ncnc21. The van der Waals surface area contributed by atoms with E-state index in [1.807, 2.05) is 32.2 Å². The zero-order valence-corrected chi connectivity index (χ0v) is 30.5. The van der Waals surface area contributed by atoms with Crippen molar-refractivity contribution in [3.8, 4) is 34.0 Å². The Morgan fingerprint density at radius 1 is 0.870 bits per heavy atom. The Morgan fingerprint density at radius 3 is 2.30 bits per heavy atom. The standard InChI is InChI=1S/C37H42N14O3/c1-18(2)49-36-28(34(38)41-16-43-36)30(46-49)25-15-24(45-51(25)26-10-6-8-12-53-26)22-14-21(22)13-19(3)50-37-29(35(39)42-17-44-37)31(47-50)32-27(23-9-5-7-11-40-23)33(20(4)52)54-48-32/h5,7,9,11,15-22,26,52H,6,8,10,12-14H2,1-4H3,(H2,38,41,43)(H2,39,42,44)/t19?,20-,21?,22?,26?/m1/s1. The van der Waals surface area contributed by atoms with Crippen LogP contribution in [0.15, 0.2) is 47.6 Å². The predicted octanol–water partition coefficient (Wildman–Crippen LogP) is 5.80. The van der Waals surface area contributed by atoms with Crippen molar-refractivity contribution in [2.45, 2.75) is 90.1 Å². The van der Waals surface area contributed by atoms with Gasteiger partial charge < -0.3 is 25.8 Å². The number of aliphatic hydroxyl groups excluding tert-OH is 1. The smallest absolute Gasteiger partial charge is 0.174 e. The third-order valence-electron chi connectivity index (χ3n) is 10.6. The molecule has 17 heteroatoms. The molecule has 1 saturated heterocycles. The van der Waals surface area contributed by atoms with Crippen LogP contribution < -0.4 is 11.5 Å². The number of nitrogen functional groups attached to an aromatic ring is 2. The second-order valence-electron chi connectivity index (χ2n) is 14.7. The van der Waals surface area contributed by atoms with E-state index in [0.29, 0.717) is 63.4 Å². The molecule has 4 unspecified atom stereocenters. The number of anilines is 2. The van der Waals surface area contributed by atoms with Crippen LogP contribution >= 0.6 is 0 Å². The first-order valence-electron chi connectivity index (χ1n) is 18.5. The fourth-order valence-electron chi connectivity index (χ4n) is 7.83. The maximum atomic E-state index is 10.6. The van der Waals surface area contributed by atoms with Crippen molar-refractivity contribution >= 4 is 33.7 Å². The van der Waals surface area contributed by atoms with Gasteiger partial charge in [0.15, 0.2) is 23.3 Å². The molecule has 1 saturated carbocycles.